The SMILES string of the molecule is CC(F)(F)c1ccc(-c2ccc(N)c(NC(=O)N3Cc4ccncc4C3)c2)nc1. The number of rotatable bonds is 3. The van der Waals surface area contributed by atoms with Crippen molar-refractivity contribution in [3.05, 3.63) is 71.7 Å². The summed E-state index contributed by atoms with van der Waals surface area (Å²) in [6, 6.07) is 9.54. The van der Waals surface area contributed by atoms with E-state index in [1.165, 1.54) is 12.1 Å². The average molecular weight is 395 g/mol. The number of halogens is 2. The van der Waals surface area contributed by atoms with Gasteiger partial charge in [0.25, 0.3) is 5.92 Å². The summed E-state index contributed by atoms with van der Waals surface area (Å²) >= 11 is 0. The molecule has 6 nitrogen and oxygen atoms in total. The molecule has 2 aromatic heterocycles. The Hall–Kier alpha value is -3.55. The summed E-state index contributed by atoms with van der Waals surface area (Å²) in [6.45, 7) is 1.80. The normalized spacial score (nSPS) is 13.3. The lowest BCUT2D eigenvalue weighted by Gasteiger charge is -2.18. The van der Waals surface area contributed by atoms with Crippen LogP contribution in [0.5, 0.6) is 0 Å². The molecule has 1 aliphatic heterocycles. The lowest BCUT2D eigenvalue weighted by Crippen LogP contribution is -2.30. The predicted octanol–water partition coefficient (Wildman–Crippen LogP) is 4.39. The Morgan fingerprint density at radius 1 is 1.14 bits per heavy atom. The number of benzene rings is 1. The van der Waals surface area contributed by atoms with Crippen LogP contribution in [0.15, 0.2) is 55.0 Å². The summed E-state index contributed by atoms with van der Waals surface area (Å²) in [5, 5.41) is 2.83. The quantitative estimate of drug-likeness (QED) is 0.645. The van der Waals surface area contributed by atoms with E-state index in [2.05, 4.69) is 15.3 Å². The van der Waals surface area contributed by atoms with Gasteiger partial charge in [0.2, 0.25) is 0 Å². The number of nitrogens with two attached hydrogens (primary N) is 1. The number of nitrogens with zero attached hydrogens (tertiary/aromatic N) is 3. The van der Waals surface area contributed by atoms with E-state index in [0.29, 0.717) is 35.7 Å². The summed E-state index contributed by atoms with van der Waals surface area (Å²) in [6.07, 6.45) is 4.61. The van der Waals surface area contributed by atoms with Gasteiger partial charge >= 0.3 is 6.03 Å². The Morgan fingerprint density at radius 2 is 1.93 bits per heavy atom. The zero-order valence-electron chi connectivity index (χ0n) is 15.7. The molecule has 1 aliphatic rings. The van der Waals surface area contributed by atoms with Crippen molar-refractivity contribution < 1.29 is 13.6 Å². The fraction of sp³-hybridized carbons (Fsp3) is 0.190. The van der Waals surface area contributed by atoms with Crippen LogP contribution >= 0.6 is 0 Å². The van der Waals surface area contributed by atoms with Crippen molar-refractivity contribution in [3.8, 4) is 11.3 Å². The molecule has 3 heterocycles. The average Bonchev–Trinajstić information content (AvgIpc) is 3.13. The van der Waals surface area contributed by atoms with Crippen molar-refractivity contribution in [2.75, 3.05) is 11.1 Å². The molecule has 0 saturated heterocycles. The molecular weight excluding hydrogens is 376 g/mol. The maximum absolute atomic E-state index is 13.4. The van der Waals surface area contributed by atoms with Gasteiger partial charge in [0, 0.05) is 49.7 Å². The highest BCUT2D eigenvalue weighted by atomic mass is 19.3. The topological polar surface area (TPSA) is 84.1 Å². The highest BCUT2D eigenvalue weighted by molar-refractivity contribution is 5.94. The molecule has 0 bridgehead atoms. The van der Waals surface area contributed by atoms with Crippen molar-refractivity contribution >= 4 is 17.4 Å². The minimum Gasteiger partial charge on any atom is -0.397 e. The first-order chi connectivity index (χ1) is 13.8. The first-order valence-electron chi connectivity index (χ1n) is 9.03. The molecule has 148 valence electrons. The molecule has 0 spiro atoms. The van der Waals surface area contributed by atoms with E-state index < -0.39 is 5.92 Å². The van der Waals surface area contributed by atoms with Crippen LogP contribution < -0.4 is 11.1 Å². The Morgan fingerprint density at radius 3 is 2.62 bits per heavy atom. The Balaban J connectivity index is 1.52. The van der Waals surface area contributed by atoms with E-state index in [1.807, 2.05) is 6.07 Å². The number of hydrogen-bond donors (Lipinski definition) is 2. The number of pyridine rings is 2. The van der Waals surface area contributed by atoms with Crippen molar-refractivity contribution in [3.63, 3.8) is 0 Å². The Kier molecular flexibility index (Phi) is 4.62. The lowest BCUT2D eigenvalue weighted by molar-refractivity contribution is 0.0171. The third-order valence-corrected chi connectivity index (χ3v) is 4.88. The third kappa shape index (κ3) is 3.87. The van der Waals surface area contributed by atoms with E-state index >= 15 is 0 Å². The van der Waals surface area contributed by atoms with Gasteiger partial charge in [0.1, 0.15) is 0 Å². The number of urea groups is 1. The number of amides is 2. The van der Waals surface area contributed by atoms with Gasteiger partial charge in [-0.3, -0.25) is 9.97 Å². The van der Waals surface area contributed by atoms with Crippen LogP contribution in [0, 0.1) is 0 Å². The van der Waals surface area contributed by atoms with Crippen LogP contribution in [0.25, 0.3) is 11.3 Å². The van der Waals surface area contributed by atoms with Crippen molar-refractivity contribution in [2.24, 2.45) is 0 Å². The number of hydrogen-bond acceptors (Lipinski definition) is 4. The molecule has 0 atom stereocenters. The number of anilines is 2. The minimum atomic E-state index is -2.95. The molecule has 29 heavy (non-hydrogen) atoms. The summed E-state index contributed by atoms with van der Waals surface area (Å²) in [4.78, 5) is 22.5. The maximum atomic E-state index is 13.4. The molecule has 1 aromatic carbocycles. The molecule has 0 saturated carbocycles. The summed E-state index contributed by atoms with van der Waals surface area (Å²) < 4.78 is 26.8. The molecule has 2 amide bonds. The number of aromatic nitrogens is 2. The van der Waals surface area contributed by atoms with E-state index in [-0.39, 0.29) is 11.6 Å². The van der Waals surface area contributed by atoms with E-state index in [1.54, 1.807) is 35.5 Å². The number of carbonyl (C=O) groups is 1. The van der Waals surface area contributed by atoms with Crippen LogP contribution in [-0.4, -0.2) is 20.9 Å². The smallest absolute Gasteiger partial charge is 0.322 e. The third-order valence-electron chi connectivity index (χ3n) is 4.88. The lowest BCUT2D eigenvalue weighted by atomic mass is 10.1. The number of alkyl halides is 2. The van der Waals surface area contributed by atoms with Gasteiger partial charge in [-0.25, -0.2) is 13.6 Å². The van der Waals surface area contributed by atoms with Gasteiger partial charge in [-0.2, -0.15) is 0 Å². The first kappa shape index (κ1) is 18.8. The van der Waals surface area contributed by atoms with Gasteiger partial charge in [-0.15, -0.1) is 0 Å². The molecule has 3 aromatic rings. The largest absolute Gasteiger partial charge is 0.397 e. The molecule has 0 aliphatic carbocycles. The molecule has 0 fully saturated rings. The summed E-state index contributed by atoms with van der Waals surface area (Å²) in [5.74, 6) is -2.95. The number of fused-ring (bicyclic) bond motifs is 1. The monoisotopic (exact) mass is 395 g/mol. The van der Waals surface area contributed by atoms with Crippen LogP contribution in [0.2, 0.25) is 0 Å². The number of nitrogens with one attached hydrogen (secondary N) is 1. The zero-order valence-corrected chi connectivity index (χ0v) is 15.7. The van der Waals surface area contributed by atoms with Gasteiger partial charge in [0.05, 0.1) is 17.1 Å². The molecule has 4 rings (SSSR count). The highest BCUT2D eigenvalue weighted by Gasteiger charge is 2.25. The first-order valence-corrected chi connectivity index (χ1v) is 9.03. The molecule has 3 N–H and O–H groups in total. The van der Waals surface area contributed by atoms with Crippen LogP contribution in [0.1, 0.15) is 23.6 Å². The number of nitrogen functional groups attached to an aromatic ring is 1. The van der Waals surface area contributed by atoms with E-state index in [9.17, 15) is 13.6 Å². The standard InChI is InChI=1S/C21H19F2N5O/c1-21(22,23)16-3-5-18(26-10-16)13-2-4-17(24)19(8-13)27-20(29)28-11-14-6-7-25-9-15(14)12-28/h2-10H,11-12,24H2,1H3,(H,27,29). The maximum Gasteiger partial charge on any atom is 0.322 e. The number of carbonyl (C=O) groups excluding carboxylic acids is 1. The van der Waals surface area contributed by atoms with Crippen molar-refractivity contribution in [2.45, 2.75) is 25.9 Å². The molecule has 0 unspecified atom stereocenters. The second kappa shape index (κ2) is 7.12. The van der Waals surface area contributed by atoms with Gasteiger partial charge < -0.3 is 16.0 Å². The molecular formula is C21H19F2N5O. The molecule has 8 heteroatoms. The second-order valence-electron chi connectivity index (χ2n) is 7.05. The Labute approximate surface area is 166 Å². The second-order valence-corrected chi connectivity index (χ2v) is 7.05. The fourth-order valence-corrected chi connectivity index (χ4v) is 3.21. The fourth-order valence-electron chi connectivity index (χ4n) is 3.21. The Bertz CT molecular complexity index is 1040. The van der Waals surface area contributed by atoms with Gasteiger partial charge in [-0.1, -0.05) is 6.07 Å². The van der Waals surface area contributed by atoms with E-state index in [0.717, 1.165) is 24.2 Å². The van der Waals surface area contributed by atoms with Crippen LogP contribution in [0.4, 0.5) is 25.0 Å². The van der Waals surface area contributed by atoms with Gasteiger partial charge in [0.15, 0.2) is 0 Å². The minimum absolute atomic E-state index is 0.159. The van der Waals surface area contributed by atoms with Gasteiger partial charge in [-0.05, 0) is 41.5 Å². The zero-order chi connectivity index (χ0) is 20.6. The van der Waals surface area contributed by atoms with Crippen molar-refractivity contribution in [1.82, 2.24) is 14.9 Å². The molecule has 0 radical (unpaired) electrons. The van der Waals surface area contributed by atoms with Crippen LogP contribution in [0.3, 0.4) is 0 Å². The van der Waals surface area contributed by atoms with Crippen LogP contribution in [-0.2, 0) is 19.0 Å². The predicted molar refractivity (Wildman–Crippen MR) is 106 cm³/mol. The van der Waals surface area contributed by atoms with E-state index in [4.69, 9.17) is 5.73 Å². The highest BCUT2D eigenvalue weighted by Crippen LogP contribution is 2.30. The summed E-state index contributed by atoms with van der Waals surface area (Å²) in [7, 11) is 0. The summed E-state index contributed by atoms with van der Waals surface area (Å²) in [5.41, 5.74) is 9.94. The van der Waals surface area contributed by atoms with Crippen molar-refractivity contribution in [1.29, 1.82) is 0 Å².